The van der Waals surface area contributed by atoms with Gasteiger partial charge in [0.05, 0.1) is 23.7 Å². The maximum Gasteiger partial charge on any atom is 0.305 e. The van der Waals surface area contributed by atoms with E-state index in [0.717, 1.165) is 15.8 Å². The number of carbonyl (C=O) groups is 3. The molecule has 2 aliphatic rings. The monoisotopic (exact) mass is 685 g/mol. The molecular weight excluding hydrogens is 666 g/mol. The second kappa shape index (κ2) is 11.6. The van der Waals surface area contributed by atoms with E-state index in [1.165, 1.54) is 23.8 Å². The number of H-pyrrole nitrogens is 1. The SMILES string of the molecule is COc1cc([C@H]2c3sc(=O)[nH]c3SC3C(=O)N(c4ccc(Br)cc4)C(=O)C32)ccc1OCC(=O)Nc1ccc(Cl)cc1. The van der Waals surface area contributed by atoms with Crippen molar-refractivity contribution >= 4 is 79.7 Å². The van der Waals surface area contributed by atoms with Crippen LogP contribution in [0.25, 0.3) is 0 Å². The maximum atomic E-state index is 13.9. The molecule has 13 heteroatoms. The van der Waals surface area contributed by atoms with E-state index in [-0.39, 0.29) is 29.2 Å². The highest BCUT2D eigenvalue weighted by atomic mass is 79.9. The summed E-state index contributed by atoms with van der Waals surface area (Å²) in [6.07, 6.45) is 0. The Kier molecular flexibility index (Phi) is 7.88. The number of benzene rings is 3. The molecule has 3 amide bonds. The van der Waals surface area contributed by atoms with Gasteiger partial charge in [0, 0.05) is 26.0 Å². The lowest BCUT2D eigenvalue weighted by Crippen LogP contribution is -2.32. The Hall–Kier alpha value is -3.58. The van der Waals surface area contributed by atoms with Gasteiger partial charge < -0.3 is 19.8 Å². The highest BCUT2D eigenvalue weighted by molar-refractivity contribution is 9.10. The number of hydrogen-bond donors (Lipinski definition) is 2. The molecule has 214 valence electrons. The summed E-state index contributed by atoms with van der Waals surface area (Å²) in [5.41, 5.74) is 1.74. The van der Waals surface area contributed by atoms with Crippen LogP contribution in [0.4, 0.5) is 11.4 Å². The van der Waals surface area contributed by atoms with Crippen molar-refractivity contribution in [2.75, 3.05) is 23.9 Å². The van der Waals surface area contributed by atoms with Crippen LogP contribution in [0.1, 0.15) is 16.4 Å². The molecule has 2 unspecified atom stereocenters. The lowest BCUT2D eigenvalue weighted by Gasteiger charge is -2.30. The second-order valence-corrected chi connectivity index (χ2v) is 13.0. The Morgan fingerprint density at radius 2 is 1.76 bits per heavy atom. The molecule has 2 N–H and O–H groups in total. The smallest absolute Gasteiger partial charge is 0.305 e. The number of aromatic amines is 1. The van der Waals surface area contributed by atoms with E-state index in [9.17, 15) is 19.2 Å². The van der Waals surface area contributed by atoms with Crippen LogP contribution in [-0.2, 0) is 14.4 Å². The molecule has 0 bridgehead atoms. The maximum absolute atomic E-state index is 13.9. The normalized spacial score (nSPS) is 19.3. The molecule has 2 aliphatic heterocycles. The zero-order chi connectivity index (χ0) is 29.5. The number of hydrogen-bond acceptors (Lipinski definition) is 8. The number of rotatable bonds is 7. The van der Waals surface area contributed by atoms with Gasteiger partial charge in [0.25, 0.3) is 5.91 Å². The molecule has 4 aromatic rings. The van der Waals surface area contributed by atoms with E-state index in [0.29, 0.717) is 43.4 Å². The van der Waals surface area contributed by atoms with Gasteiger partial charge in [0.1, 0.15) is 5.25 Å². The van der Waals surface area contributed by atoms with Crippen molar-refractivity contribution in [3.05, 3.63) is 96.3 Å². The van der Waals surface area contributed by atoms with Crippen LogP contribution in [0.2, 0.25) is 5.02 Å². The molecule has 1 fully saturated rings. The lowest BCUT2D eigenvalue weighted by atomic mass is 9.83. The first kappa shape index (κ1) is 28.5. The number of amides is 3. The first-order chi connectivity index (χ1) is 20.2. The van der Waals surface area contributed by atoms with Crippen molar-refractivity contribution in [2.45, 2.75) is 16.2 Å². The van der Waals surface area contributed by atoms with Gasteiger partial charge in [-0.3, -0.25) is 19.2 Å². The van der Waals surface area contributed by atoms with Crippen molar-refractivity contribution in [1.29, 1.82) is 0 Å². The van der Waals surface area contributed by atoms with Gasteiger partial charge in [-0.25, -0.2) is 4.90 Å². The minimum atomic E-state index is -0.744. The zero-order valence-corrected chi connectivity index (χ0v) is 25.7. The molecule has 3 atom stereocenters. The van der Waals surface area contributed by atoms with Crippen molar-refractivity contribution in [2.24, 2.45) is 5.92 Å². The van der Waals surface area contributed by atoms with Crippen LogP contribution in [0.15, 0.2) is 81.0 Å². The van der Waals surface area contributed by atoms with E-state index < -0.39 is 17.1 Å². The molecule has 3 aromatic carbocycles. The quantitative estimate of drug-likeness (QED) is 0.241. The fraction of sp³-hybridized carbons (Fsp3) is 0.172. The Morgan fingerprint density at radius 3 is 2.48 bits per heavy atom. The summed E-state index contributed by atoms with van der Waals surface area (Å²) >= 11 is 11.5. The number of nitrogens with one attached hydrogen (secondary N) is 2. The number of fused-ring (bicyclic) bond motifs is 2. The number of methoxy groups -OCH3 is 1. The third-order valence-corrected chi connectivity index (χ3v) is 10.1. The summed E-state index contributed by atoms with van der Waals surface area (Å²) in [4.78, 5) is 56.8. The number of imide groups is 1. The van der Waals surface area contributed by atoms with Crippen LogP contribution in [0, 0.1) is 5.92 Å². The molecule has 3 heterocycles. The van der Waals surface area contributed by atoms with Gasteiger partial charge in [-0.1, -0.05) is 56.7 Å². The van der Waals surface area contributed by atoms with Crippen LogP contribution in [-0.4, -0.2) is 41.7 Å². The highest BCUT2D eigenvalue weighted by Gasteiger charge is 2.56. The molecule has 0 radical (unpaired) electrons. The number of anilines is 2. The summed E-state index contributed by atoms with van der Waals surface area (Å²) in [5, 5.41) is 3.15. The third-order valence-electron chi connectivity index (χ3n) is 6.94. The van der Waals surface area contributed by atoms with Gasteiger partial charge in [0.2, 0.25) is 11.8 Å². The molecule has 0 spiro atoms. The third kappa shape index (κ3) is 5.35. The first-order valence-electron chi connectivity index (χ1n) is 12.6. The largest absolute Gasteiger partial charge is 0.493 e. The summed E-state index contributed by atoms with van der Waals surface area (Å²) in [7, 11) is 1.47. The Morgan fingerprint density at radius 1 is 1.02 bits per heavy atom. The molecule has 6 rings (SSSR count). The molecule has 0 saturated carbocycles. The Bertz CT molecular complexity index is 1760. The van der Waals surface area contributed by atoms with E-state index in [1.807, 2.05) is 0 Å². The average molecular weight is 687 g/mol. The fourth-order valence-corrected chi connectivity index (χ4v) is 8.00. The van der Waals surface area contributed by atoms with E-state index >= 15 is 0 Å². The molecule has 1 aromatic heterocycles. The molecule has 0 aliphatic carbocycles. The highest BCUT2D eigenvalue weighted by Crippen LogP contribution is 2.53. The topological polar surface area (TPSA) is 118 Å². The summed E-state index contributed by atoms with van der Waals surface area (Å²) < 4.78 is 12.2. The Balaban J connectivity index is 1.29. The summed E-state index contributed by atoms with van der Waals surface area (Å²) in [5.74, 6) is -1.71. The van der Waals surface area contributed by atoms with Gasteiger partial charge in [-0.15, -0.1) is 0 Å². The number of nitrogens with zero attached hydrogens (tertiary/aromatic N) is 1. The Labute approximate surface area is 261 Å². The molecule has 9 nitrogen and oxygen atoms in total. The standard InChI is InChI=1S/C29H21BrClN3O6S2/c1-39-20-12-14(2-11-19(20)40-13-21(35)32-17-7-5-16(31)6-8-17)22-23-25(41-26-24(22)42-29(38)33-26)28(37)34(27(23)36)18-9-3-15(30)4-10-18/h2-12,22-23,25H,13H2,1H3,(H,32,35)(H,33,38)/t22-,23?,25?/m1/s1. The minimum absolute atomic E-state index is 0.263. The van der Waals surface area contributed by atoms with Crippen molar-refractivity contribution < 1.29 is 23.9 Å². The van der Waals surface area contributed by atoms with Crippen molar-refractivity contribution in [3.8, 4) is 11.5 Å². The van der Waals surface area contributed by atoms with Crippen LogP contribution in [0.5, 0.6) is 11.5 Å². The van der Waals surface area contributed by atoms with Crippen LogP contribution in [0.3, 0.4) is 0 Å². The number of ether oxygens (including phenoxy) is 2. The van der Waals surface area contributed by atoms with Gasteiger partial charge >= 0.3 is 4.87 Å². The average Bonchev–Trinajstić information content (AvgIpc) is 3.47. The van der Waals surface area contributed by atoms with Gasteiger partial charge in [-0.2, -0.15) is 0 Å². The number of carbonyl (C=O) groups excluding carboxylic acids is 3. The predicted octanol–water partition coefficient (Wildman–Crippen LogP) is 5.67. The predicted molar refractivity (Wildman–Crippen MR) is 165 cm³/mol. The lowest BCUT2D eigenvalue weighted by molar-refractivity contribution is -0.122. The molecule has 1 saturated heterocycles. The zero-order valence-electron chi connectivity index (χ0n) is 21.8. The minimum Gasteiger partial charge on any atom is -0.493 e. The van der Waals surface area contributed by atoms with Gasteiger partial charge in [-0.05, 0) is 66.2 Å². The number of halogens is 2. The first-order valence-corrected chi connectivity index (χ1v) is 15.5. The molecule has 42 heavy (non-hydrogen) atoms. The summed E-state index contributed by atoms with van der Waals surface area (Å²) in [6, 6.07) is 18.8. The van der Waals surface area contributed by atoms with Crippen molar-refractivity contribution in [1.82, 2.24) is 4.98 Å². The van der Waals surface area contributed by atoms with Crippen molar-refractivity contribution in [3.63, 3.8) is 0 Å². The van der Waals surface area contributed by atoms with E-state index in [1.54, 1.807) is 66.7 Å². The number of aromatic nitrogens is 1. The molecular formula is C29H21BrClN3O6S2. The van der Waals surface area contributed by atoms with E-state index in [4.69, 9.17) is 21.1 Å². The number of thioether (sulfide) groups is 1. The second-order valence-electron chi connectivity index (χ2n) is 9.49. The van der Waals surface area contributed by atoms with Gasteiger partial charge in [0.15, 0.2) is 18.1 Å². The fourth-order valence-electron chi connectivity index (χ4n) is 5.09. The van der Waals surface area contributed by atoms with Crippen LogP contribution >= 0.6 is 50.6 Å². The summed E-state index contributed by atoms with van der Waals surface area (Å²) in [6.45, 7) is -0.276. The van der Waals surface area contributed by atoms with E-state index in [2.05, 4.69) is 26.2 Å². The van der Waals surface area contributed by atoms with Crippen LogP contribution < -0.4 is 24.6 Å². The number of thiazole rings is 1.